The van der Waals surface area contributed by atoms with Crippen molar-refractivity contribution in [2.75, 3.05) is 0 Å². The molecule has 9 aromatic carbocycles. The van der Waals surface area contributed by atoms with E-state index >= 15 is 0 Å². The molecule has 4 aromatic heterocycles. The summed E-state index contributed by atoms with van der Waals surface area (Å²) in [6.45, 7) is 6.36. The van der Waals surface area contributed by atoms with Crippen molar-refractivity contribution in [2.45, 2.75) is 26.2 Å². The van der Waals surface area contributed by atoms with Crippen LogP contribution in [0.2, 0.25) is 0 Å². The van der Waals surface area contributed by atoms with Crippen molar-refractivity contribution in [1.29, 1.82) is 0 Å². The molecule has 0 aliphatic heterocycles. The van der Waals surface area contributed by atoms with E-state index in [9.17, 15) is 0 Å². The van der Waals surface area contributed by atoms with Crippen LogP contribution in [0.25, 0.3) is 105 Å². The topological polar surface area (TPSA) is 49.5 Å². The van der Waals surface area contributed by atoms with Crippen LogP contribution in [0.3, 0.4) is 0 Å². The number of imidazole rings is 1. The monoisotopic (exact) mass is 1100 g/mol. The maximum atomic E-state index is 9.17. The molecule has 71 heavy (non-hydrogen) atoms. The van der Waals surface area contributed by atoms with Gasteiger partial charge in [-0.3, -0.25) is 0 Å². The molecule has 0 aliphatic carbocycles. The Labute approximate surface area is 427 Å². The molecule has 0 saturated carbocycles. The molecular formula is C64H44N4O2Pt-2. The maximum absolute atomic E-state index is 9.17. The third kappa shape index (κ3) is 7.20. The van der Waals surface area contributed by atoms with Crippen molar-refractivity contribution in [3.63, 3.8) is 0 Å². The van der Waals surface area contributed by atoms with Crippen LogP contribution in [0.1, 0.15) is 31.8 Å². The summed E-state index contributed by atoms with van der Waals surface area (Å²) >= 11 is 2.45. The van der Waals surface area contributed by atoms with Gasteiger partial charge in [0.05, 0.1) is 5.48 Å². The van der Waals surface area contributed by atoms with E-state index < -0.39 is 0 Å². The smallest absolute Gasteiger partial charge is 0.0561 e. The fourth-order valence-electron chi connectivity index (χ4n) is 9.94. The third-order valence-corrected chi connectivity index (χ3v) is 14.3. The first-order valence-electron chi connectivity index (χ1n) is 25.5. The number of ether oxygens (including phenoxy) is 1. The molecule has 0 atom stereocenters. The van der Waals surface area contributed by atoms with Gasteiger partial charge in [0, 0.05) is 6.20 Å². The standard InChI is InChI=1S/C64H44N4O2.Pt/c1-64(2,3)45-36-37-65-60(38-45)68-55-30-14-13-24-51(55)52-34-32-46(39-57(52)68)69-47-33-35-59-58(40-47)67-41-66(61-48(42-18-7-4-8-19-42)25-15-26-49(61)43-20-9-5-10-21-43)56-31-17-28-53(62(56)67)54-29-16-27-50(63(54)70-59)44-22-11-6-12-23-44;/h4-38H,1-3H3;/q-2;/i13D,14D,24D,30D;. The first-order valence-corrected chi connectivity index (χ1v) is 24.6. The van der Waals surface area contributed by atoms with E-state index in [0.717, 1.165) is 70.2 Å². The molecule has 0 N–H and O–H groups in total. The number of rotatable bonds is 7. The fourth-order valence-corrected chi connectivity index (χ4v) is 11.0. The molecule has 0 amide bonds. The predicted octanol–water partition coefficient (Wildman–Crippen LogP) is 16.6. The van der Waals surface area contributed by atoms with Crippen LogP contribution in [0.5, 0.6) is 11.5 Å². The van der Waals surface area contributed by atoms with Gasteiger partial charge in [0.25, 0.3) is 0 Å². The SMILES string of the molecule is [2H]c1c([2H])c([2H])c2c(c1[2H])c1ccc(Oc3[c-]c4c(cc3)oc3c(-c5ccccc5)cccc3c3cccc5c3n4[c](=[Pt])n5-c3c(-c4ccccc4)cccc3-c3ccccc3)[c-]c1n2-c1cc(C(C)(C)C)ccn1. The van der Waals surface area contributed by atoms with E-state index in [2.05, 4.69) is 176 Å². The molecule has 4 heterocycles. The van der Waals surface area contributed by atoms with Crippen LogP contribution >= 0.6 is 0 Å². The number of benzene rings is 9. The second-order valence-electron chi connectivity index (χ2n) is 18.6. The van der Waals surface area contributed by atoms with Gasteiger partial charge in [-0.2, -0.15) is 0 Å². The molecule has 13 rings (SSSR count). The summed E-state index contributed by atoms with van der Waals surface area (Å²) < 4.78 is 56.9. The molecule has 0 fully saturated rings. The minimum atomic E-state index is -0.326. The van der Waals surface area contributed by atoms with Gasteiger partial charge in [-0.15, -0.1) is 0 Å². The fraction of sp³-hybridized carbons (Fsp3) is 0.0625. The first-order chi connectivity index (χ1) is 36.4. The van der Waals surface area contributed by atoms with Gasteiger partial charge in [-0.05, 0) is 17.0 Å². The minimum absolute atomic E-state index is 0.136. The van der Waals surface area contributed by atoms with Crippen LogP contribution in [0, 0.1) is 15.9 Å². The van der Waals surface area contributed by atoms with E-state index in [1.165, 1.54) is 0 Å². The molecule has 13 aromatic rings. The number of pyridine rings is 1. The van der Waals surface area contributed by atoms with E-state index in [-0.39, 0.29) is 29.6 Å². The van der Waals surface area contributed by atoms with Gasteiger partial charge >= 0.3 is 368 Å². The zero-order valence-corrected chi connectivity index (χ0v) is 41.1. The van der Waals surface area contributed by atoms with Crippen molar-refractivity contribution >= 4 is 60.3 Å². The molecular weight excluding hydrogens is 1050 g/mol. The molecule has 0 aliphatic rings. The van der Waals surface area contributed by atoms with Crippen molar-refractivity contribution in [3.8, 4) is 56.4 Å². The first kappa shape index (κ1) is 38.5. The normalized spacial score (nSPS) is 12.7. The Kier molecular flexibility index (Phi) is 9.21. The van der Waals surface area contributed by atoms with E-state index in [0.29, 0.717) is 55.8 Å². The van der Waals surface area contributed by atoms with Crippen LogP contribution in [0.4, 0.5) is 0 Å². The summed E-state index contributed by atoms with van der Waals surface area (Å²) in [5.74, 6) is 1.24. The number of nitrogens with zero attached hydrogens (tertiary/aromatic N) is 4. The number of hydrogen-bond donors (Lipinski definition) is 0. The number of fused-ring (bicyclic) bond motifs is 7. The second kappa shape index (κ2) is 17.0. The Bertz CT molecular complexity index is 4500. The van der Waals surface area contributed by atoms with Gasteiger partial charge in [-0.1, -0.05) is 32.9 Å². The van der Waals surface area contributed by atoms with Crippen LogP contribution < -0.4 is 4.74 Å². The summed E-state index contributed by atoms with van der Waals surface area (Å²) in [5, 5.41) is 2.89. The van der Waals surface area contributed by atoms with Crippen LogP contribution in [-0.2, 0) is 24.8 Å². The zero-order valence-electron chi connectivity index (χ0n) is 42.8. The summed E-state index contributed by atoms with van der Waals surface area (Å²) in [6.07, 6.45) is 1.74. The molecule has 0 spiro atoms. The molecule has 7 heteroatoms. The van der Waals surface area contributed by atoms with E-state index in [4.69, 9.17) is 19.6 Å². The Morgan fingerprint density at radius 2 is 1.17 bits per heavy atom. The van der Waals surface area contributed by atoms with Gasteiger partial charge < -0.3 is 0 Å². The van der Waals surface area contributed by atoms with E-state index in [1.54, 1.807) is 16.8 Å². The molecule has 0 bridgehead atoms. The molecule has 344 valence electrons. The third-order valence-electron chi connectivity index (χ3n) is 13.3. The molecule has 0 unspecified atom stereocenters. The Morgan fingerprint density at radius 3 is 1.87 bits per heavy atom. The van der Waals surface area contributed by atoms with Crippen molar-refractivity contribution < 1.29 is 34.0 Å². The summed E-state index contributed by atoms with van der Waals surface area (Å²) in [7, 11) is 0. The van der Waals surface area contributed by atoms with Crippen molar-refractivity contribution in [3.05, 3.63) is 234 Å². The quantitative estimate of drug-likeness (QED) is 0.149. The Balaban J connectivity index is 1.10. The number of hydrogen-bond acceptors (Lipinski definition) is 3. The summed E-state index contributed by atoms with van der Waals surface area (Å²) in [6, 6.07) is 68.2. The van der Waals surface area contributed by atoms with Crippen molar-refractivity contribution in [2.24, 2.45) is 0 Å². The van der Waals surface area contributed by atoms with Gasteiger partial charge in [-0.25, -0.2) is 0 Å². The van der Waals surface area contributed by atoms with Gasteiger partial charge in [0.1, 0.15) is 0 Å². The zero-order chi connectivity index (χ0) is 51.3. The van der Waals surface area contributed by atoms with Gasteiger partial charge in [0.2, 0.25) is 0 Å². The average Bonchev–Trinajstić information content (AvgIpc) is 4.04. The van der Waals surface area contributed by atoms with Gasteiger partial charge in [0.15, 0.2) is 0 Å². The van der Waals surface area contributed by atoms with Crippen LogP contribution in [0.15, 0.2) is 217 Å². The number of para-hydroxylation sites is 4. The Morgan fingerprint density at radius 1 is 0.563 bits per heavy atom. The van der Waals surface area contributed by atoms with Crippen molar-refractivity contribution in [1.82, 2.24) is 18.5 Å². The minimum Gasteiger partial charge on any atom is -0.0561 e. The summed E-state index contributed by atoms with van der Waals surface area (Å²) in [4.78, 5) is 4.78. The Hall–Kier alpha value is -8.31. The second-order valence-corrected chi connectivity index (χ2v) is 19.6. The summed E-state index contributed by atoms with van der Waals surface area (Å²) in [5.41, 5.74) is 12.7. The molecule has 0 radical (unpaired) electrons. The molecule has 0 saturated heterocycles. The van der Waals surface area contributed by atoms with Crippen LogP contribution in [-0.4, -0.2) is 18.5 Å². The molecule has 6 nitrogen and oxygen atoms in total. The predicted molar refractivity (Wildman–Crippen MR) is 285 cm³/mol. The average molecular weight is 1100 g/mol. The number of aromatic nitrogens is 4. The van der Waals surface area contributed by atoms with E-state index in [1.807, 2.05) is 60.7 Å².